The number of pyridine rings is 1. The Bertz CT molecular complexity index is 782. The fourth-order valence-corrected chi connectivity index (χ4v) is 2.22. The molecule has 98 valence electrons. The van der Waals surface area contributed by atoms with Crippen molar-refractivity contribution in [1.82, 2.24) is 9.38 Å². The van der Waals surface area contributed by atoms with Crippen molar-refractivity contribution in [1.29, 1.82) is 5.26 Å². The molecule has 3 rings (SSSR count). The third kappa shape index (κ3) is 2.10. The Labute approximate surface area is 116 Å². The third-order valence-corrected chi connectivity index (χ3v) is 3.24. The van der Waals surface area contributed by atoms with Crippen LogP contribution in [0.1, 0.15) is 17.0 Å². The minimum Gasteiger partial charge on any atom is -0.497 e. The summed E-state index contributed by atoms with van der Waals surface area (Å²) < 4.78 is 6.96. The number of hydrogen-bond acceptors (Lipinski definition) is 3. The molecular formula is C16H13N3O. The molecule has 0 radical (unpaired) electrons. The predicted molar refractivity (Wildman–Crippen MR) is 75.7 cm³/mol. The van der Waals surface area contributed by atoms with Gasteiger partial charge < -0.3 is 4.74 Å². The first kappa shape index (κ1) is 12.2. The number of nitriles is 1. The Morgan fingerprint density at radius 1 is 1.20 bits per heavy atom. The second-order valence-electron chi connectivity index (χ2n) is 4.47. The molecule has 4 heteroatoms. The van der Waals surface area contributed by atoms with Crippen molar-refractivity contribution in [2.45, 2.75) is 6.42 Å². The number of rotatable bonds is 3. The molecule has 0 bridgehead atoms. The van der Waals surface area contributed by atoms with Crippen molar-refractivity contribution >= 4 is 5.65 Å². The quantitative estimate of drug-likeness (QED) is 0.730. The van der Waals surface area contributed by atoms with Crippen LogP contribution in [0.4, 0.5) is 0 Å². The molecule has 0 atom stereocenters. The summed E-state index contributed by atoms with van der Waals surface area (Å²) in [5.41, 5.74) is 3.29. The van der Waals surface area contributed by atoms with Gasteiger partial charge in [0.25, 0.3) is 0 Å². The molecule has 0 N–H and O–H groups in total. The van der Waals surface area contributed by atoms with Crippen LogP contribution >= 0.6 is 0 Å². The minimum absolute atomic E-state index is 0.594. The Morgan fingerprint density at radius 2 is 2.00 bits per heavy atom. The Hall–Kier alpha value is -2.80. The maximum absolute atomic E-state index is 9.33. The zero-order chi connectivity index (χ0) is 13.9. The van der Waals surface area contributed by atoms with Gasteiger partial charge in [-0.05, 0) is 29.8 Å². The van der Waals surface area contributed by atoms with E-state index in [9.17, 15) is 5.26 Å². The largest absolute Gasteiger partial charge is 0.497 e. The van der Waals surface area contributed by atoms with Gasteiger partial charge in [-0.2, -0.15) is 5.26 Å². The van der Waals surface area contributed by atoms with Gasteiger partial charge in [-0.1, -0.05) is 18.2 Å². The van der Waals surface area contributed by atoms with Gasteiger partial charge in [-0.15, -0.1) is 0 Å². The number of benzene rings is 1. The monoisotopic (exact) mass is 263 g/mol. The minimum atomic E-state index is 0.594. The molecule has 0 aliphatic heterocycles. The number of methoxy groups -OCH3 is 1. The molecule has 0 aliphatic carbocycles. The Morgan fingerprint density at radius 3 is 2.70 bits per heavy atom. The van der Waals surface area contributed by atoms with E-state index in [1.807, 2.05) is 53.1 Å². The SMILES string of the molecule is COc1ccc(Cc2nc3ccccn3c2C#N)cc1. The van der Waals surface area contributed by atoms with E-state index in [2.05, 4.69) is 11.1 Å². The summed E-state index contributed by atoms with van der Waals surface area (Å²) in [5, 5.41) is 9.33. The highest BCUT2D eigenvalue weighted by molar-refractivity contribution is 5.48. The molecule has 0 saturated carbocycles. The molecular weight excluding hydrogens is 250 g/mol. The molecule has 1 aromatic carbocycles. The average molecular weight is 263 g/mol. The molecule has 0 unspecified atom stereocenters. The summed E-state index contributed by atoms with van der Waals surface area (Å²) in [6.07, 6.45) is 2.49. The lowest BCUT2D eigenvalue weighted by molar-refractivity contribution is 0.414. The van der Waals surface area contributed by atoms with Crippen LogP contribution in [-0.4, -0.2) is 16.5 Å². The maximum Gasteiger partial charge on any atom is 0.148 e. The van der Waals surface area contributed by atoms with Crippen molar-refractivity contribution in [3.8, 4) is 11.8 Å². The van der Waals surface area contributed by atoms with E-state index in [0.29, 0.717) is 12.1 Å². The number of nitrogens with zero attached hydrogens (tertiary/aromatic N) is 3. The molecule has 0 amide bonds. The molecule has 3 aromatic rings. The second-order valence-corrected chi connectivity index (χ2v) is 4.47. The van der Waals surface area contributed by atoms with E-state index in [-0.39, 0.29) is 0 Å². The summed E-state index contributed by atoms with van der Waals surface area (Å²) in [4.78, 5) is 4.53. The van der Waals surface area contributed by atoms with Gasteiger partial charge in [0, 0.05) is 12.6 Å². The van der Waals surface area contributed by atoms with Crippen LogP contribution in [0.3, 0.4) is 0 Å². The average Bonchev–Trinajstić information content (AvgIpc) is 2.85. The summed E-state index contributed by atoms with van der Waals surface area (Å²) in [6, 6.07) is 15.8. The molecule has 20 heavy (non-hydrogen) atoms. The van der Waals surface area contributed by atoms with Crippen LogP contribution in [0.5, 0.6) is 5.75 Å². The van der Waals surface area contributed by atoms with Crippen LogP contribution in [0.2, 0.25) is 0 Å². The predicted octanol–water partition coefficient (Wildman–Crippen LogP) is 2.81. The van der Waals surface area contributed by atoms with E-state index >= 15 is 0 Å². The van der Waals surface area contributed by atoms with E-state index in [1.165, 1.54) is 0 Å². The van der Waals surface area contributed by atoms with Gasteiger partial charge in [0.15, 0.2) is 0 Å². The number of hydrogen-bond donors (Lipinski definition) is 0. The van der Waals surface area contributed by atoms with Crippen molar-refractivity contribution in [3.05, 3.63) is 65.6 Å². The summed E-state index contributed by atoms with van der Waals surface area (Å²) >= 11 is 0. The summed E-state index contributed by atoms with van der Waals surface area (Å²) in [7, 11) is 1.64. The van der Waals surface area contributed by atoms with E-state index in [4.69, 9.17) is 4.74 Å². The van der Waals surface area contributed by atoms with E-state index < -0.39 is 0 Å². The second kappa shape index (κ2) is 5.06. The lowest BCUT2D eigenvalue weighted by Gasteiger charge is -2.02. The zero-order valence-electron chi connectivity index (χ0n) is 11.1. The summed E-state index contributed by atoms with van der Waals surface area (Å²) in [6.45, 7) is 0. The molecule has 0 spiro atoms. The molecule has 4 nitrogen and oxygen atoms in total. The van der Waals surface area contributed by atoms with Gasteiger partial charge in [0.05, 0.1) is 12.8 Å². The first-order valence-corrected chi connectivity index (χ1v) is 6.31. The van der Waals surface area contributed by atoms with Crippen molar-refractivity contribution < 1.29 is 4.74 Å². The summed E-state index contributed by atoms with van der Waals surface area (Å²) in [5.74, 6) is 0.823. The smallest absolute Gasteiger partial charge is 0.148 e. The van der Waals surface area contributed by atoms with Crippen LogP contribution in [0.25, 0.3) is 5.65 Å². The fourth-order valence-electron chi connectivity index (χ4n) is 2.22. The van der Waals surface area contributed by atoms with Crippen LogP contribution in [0, 0.1) is 11.3 Å². The number of imidazole rings is 1. The number of aromatic nitrogens is 2. The highest BCUT2D eigenvalue weighted by Crippen LogP contribution is 2.18. The molecule has 0 aliphatic rings. The van der Waals surface area contributed by atoms with Crippen molar-refractivity contribution in [2.24, 2.45) is 0 Å². The topological polar surface area (TPSA) is 50.3 Å². The van der Waals surface area contributed by atoms with Crippen LogP contribution in [-0.2, 0) is 6.42 Å². The van der Waals surface area contributed by atoms with Gasteiger partial charge in [0.2, 0.25) is 0 Å². The van der Waals surface area contributed by atoms with Crippen LogP contribution in [0.15, 0.2) is 48.7 Å². The highest BCUT2D eigenvalue weighted by Gasteiger charge is 2.11. The molecule has 0 saturated heterocycles. The van der Waals surface area contributed by atoms with Crippen molar-refractivity contribution in [3.63, 3.8) is 0 Å². The molecule has 2 aromatic heterocycles. The molecule has 2 heterocycles. The van der Waals surface area contributed by atoms with Crippen molar-refractivity contribution in [2.75, 3.05) is 7.11 Å². The standard InChI is InChI=1S/C16H13N3O/c1-20-13-7-5-12(6-8-13)10-14-15(11-17)19-9-3-2-4-16(19)18-14/h2-9H,10H2,1H3. The van der Waals surface area contributed by atoms with E-state index in [0.717, 1.165) is 22.7 Å². The lowest BCUT2D eigenvalue weighted by Crippen LogP contribution is -1.94. The van der Waals surface area contributed by atoms with E-state index in [1.54, 1.807) is 7.11 Å². The fraction of sp³-hybridized carbons (Fsp3) is 0.125. The zero-order valence-corrected chi connectivity index (χ0v) is 11.1. The first-order chi connectivity index (χ1) is 9.81. The third-order valence-electron chi connectivity index (χ3n) is 3.24. The Kier molecular flexibility index (Phi) is 3.10. The maximum atomic E-state index is 9.33. The van der Waals surface area contributed by atoms with Gasteiger partial charge >= 0.3 is 0 Å². The Balaban J connectivity index is 1.99. The van der Waals surface area contributed by atoms with Gasteiger partial charge in [0.1, 0.15) is 23.2 Å². The number of ether oxygens (including phenoxy) is 1. The number of fused-ring (bicyclic) bond motifs is 1. The lowest BCUT2D eigenvalue weighted by atomic mass is 10.1. The van der Waals surface area contributed by atoms with Crippen LogP contribution < -0.4 is 4.74 Å². The van der Waals surface area contributed by atoms with Gasteiger partial charge in [-0.25, -0.2) is 4.98 Å². The van der Waals surface area contributed by atoms with Gasteiger partial charge in [-0.3, -0.25) is 4.40 Å². The normalized spacial score (nSPS) is 10.4. The highest BCUT2D eigenvalue weighted by atomic mass is 16.5. The molecule has 0 fully saturated rings. The first-order valence-electron chi connectivity index (χ1n) is 6.31.